The molecule has 0 aromatic carbocycles. The number of H-pyrrole nitrogens is 1. The van der Waals surface area contributed by atoms with E-state index in [1.165, 1.54) is 129 Å². The van der Waals surface area contributed by atoms with E-state index in [-0.39, 0.29) is 129 Å². The number of carbonyl (C=O) groups excluding carboxylic acids is 6. The number of imidazole rings is 1. The van der Waals surface area contributed by atoms with E-state index in [2.05, 4.69) is 27.5 Å². The summed E-state index contributed by atoms with van der Waals surface area (Å²) in [5, 5.41) is 32.4. The number of ether oxygens (including phenoxy) is 4. The maximum Gasteiger partial charge on any atom is 0.306 e. The number of rotatable bonds is 55. The number of Topliss-reactive ketones (excluding diaryl/α,β-unsaturated/α-hetero) is 4. The molecule has 6 N–H and O–H groups in total. The lowest BCUT2D eigenvalue weighted by molar-refractivity contribution is -0.144. The van der Waals surface area contributed by atoms with Crippen LogP contribution in [0.15, 0.2) is 12.5 Å². The summed E-state index contributed by atoms with van der Waals surface area (Å²) < 4.78 is 21.2. The molecule has 1 saturated carbocycles. The van der Waals surface area contributed by atoms with Crippen LogP contribution in [0.5, 0.6) is 0 Å². The molecule has 2 atom stereocenters. The first-order chi connectivity index (χ1) is 39.5. The topological polar surface area (TPSA) is 304 Å². The highest BCUT2D eigenvalue weighted by molar-refractivity contribution is 5.85. The highest BCUT2D eigenvalue weighted by Crippen LogP contribution is 2.31. The predicted molar refractivity (Wildman–Crippen MR) is 314 cm³/mol. The Kier molecular flexibility index (Phi) is 47.3. The van der Waals surface area contributed by atoms with E-state index in [1.54, 1.807) is 0 Å². The highest BCUT2D eigenvalue weighted by atomic mass is 16.5. The number of amides is 2. The second-order valence-electron chi connectivity index (χ2n) is 22.4. The average molecular weight is 1170 g/mol. The number of nitrogens with one attached hydrogen (secondary N) is 3. The summed E-state index contributed by atoms with van der Waals surface area (Å²) in [5.41, 5.74) is 0.649. The third-order valence-electron chi connectivity index (χ3n) is 14.8. The first-order valence-corrected chi connectivity index (χ1v) is 31.1. The molecule has 0 spiro atoms. The molecule has 0 bridgehead atoms. The quantitative estimate of drug-likeness (QED) is 0.0330. The zero-order chi connectivity index (χ0) is 60.3. The van der Waals surface area contributed by atoms with Crippen LogP contribution in [0.3, 0.4) is 0 Å². The van der Waals surface area contributed by atoms with Crippen molar-refractivity contribution in [3.63, 3.8) is 0 Å². The molecule has 0 aliphatic heterocycles. The van der Waals surface area contributed by atoms with Crippen molar-refractivity contribution in [2.24, 2.45) is 23.7 Å². The van der Waals surface area contributed by atoms with Gasteiger partial charge in [0.2, 0.25) is 11.8 Å². The van der Waals surface area contributed by atoms with Gasteiger partial charge in [-0.25, -0.2) is 4.98 Å². The van der Waals surface area contributed by atoms with Gasteiger partial charge in [-0.2, -0.15) is 0 Å². The summed E-state index contributed by atoms with van der Waals surface area (Å²) in [6.07, 6.45) is 34.5. The fourth-order valence-corrected chi connectivity index (χ4v) is 9.82. The Balaban J connectivity index is 0.00000176. The molecule has 20 heteroatoms. The Hall–Kier alpha value is -4.92. The van der Waals surface area contributed by atoms with Gasteiger partial charge in [0.15, 0.2) is 5.78 Å². The Morgan fingerprint density at radius 1 is 0.537 bits per heavy atom. The van der Waals surface area contributed by atoms with Gasteiger partial charge in [0.25, 0.3) is 0 Å². The van der Waals surface area contributed by atoms with Crippen LogP contribution < -0.4 is 10.6 Å². The zero-order valence-corrected chi connectivity index (χ0v) is 50.2. The van der Waals surface area contributed by atoms with Crippen molar-refractivity contribution in [2.45, 2.75) is 232 Å². The number of hydrogen-bond acceptors (Lipinski definition) is 14. The van der Waals surface area contributed by atoms with Gasteiger partial charge in [-0.05, 0) is 57.3 Å². The van der Waals surface area contributed by atoms with Crippen LogP contribution >= 0.6 is 0 Å². The molecular formula is C62H108N4O16. The van der Waals surface area contributed by atoms with E-state index in [9.17, 15) is 48.3 Å². The predicted octanol–water partition coefficient (Wildman–Crippen LogP) is 10.4. The third kappa shape index (κ3) is 47.6. The largest absolute Gasteiger partial charge is 0.481 e. The molecule has 0 saturated heterocycles. The lowest BCUT2D eigenvalue weighted by atomic mass is 9.80. The summed E-state index contributed by atoms with van der Waals surface area (Å²) in [6, 6.07) is 0. The van der Waals surface area contributed by atoms with Gasteiger partial charge in [0.05, 0.1) is 57.8 Å². The highest BCUT2D eigenvalue weighted by Gasteiger charge is 2.23. The van der Waals surface area contributed by atoms with Crippen molar-refractivity contribution in [2.75, 3.05) is 65.9 Å². The lowest BCUT2D eigenvalue weighted by Crippen LogP contribution is -2.31. The fraction of sp³-hybridized carbons (Fsp3) is 0.806. The maximum atomic E-state index is 12.1. The number of carboxylic acids is 3. The molecule has 0 radical (unpaired) electrons. The minimum absolute atomic E-state index is 0. The first kappa shape index (κ1) is 75.1. The first-order valence-electron chi connectivity index (χ1n) is 31.1. The molecule has 1 fully saturated rings. The molecule has 1 aliphatic rings. The fourth-order valence-electron chi connectivity index (χ4n) is 9.82. The van der Waals surface area contributed by atoms with Crippen LogP contribution in [-0.2, 0) is 68.5 Å². The summed E-state index contributed by atoms with van der Waals surface area (Å²) in [6.45, 7) is 5.25. The smallest absolute Gasteiger partial charge is 0.306 e. The number of aliphatic carboxylic acids is 3. The second-order valence-corrected chi connectivity index (χ2v) is 22.4. The zero-order valence-electron chi connectivity index (χ0n) is 50.2. The van der Waals surface area contributed by atoms with Crippen molar-refractivity contribution in [1.29, 1.82) is 0 Å². The van der Waals surface area contributed by atoms with Crippen LogP contribution in [-0.4, -0.2) is 144 Å². The van der Waals surface area contributed by atoms with Gasteiger partial charge >= 0.3 is 17.9 Å². The number of unbranched alkanes of at least 4 members (excludes halogenated alkanes) is 17. The van der Waals surface area contributed by atoms with E-state index < -0.39 is 29.7 Å². The lowest BCUT2D eigenvalue weighted by Gasteiger charge is -2.25. The monoisotopic (exact) mass is 1160 g/mol. The molecule has 1 aromatic rings. The van der Waals surface area contributed by atoms with Crippen LogP contribution in [0.2, 0.25) is 0 Å². The standard InChI is InChI=1S/C33H52N4O13.C29H54O3.H2/c1-24(38)17-26(33(45)46)7-8-30(41)35-9-11-47-14-16-50-22-31(42)36-10-12-48-13-15-49-21-28(39)6-4-2-3-5-25(32(43)44)18-29(40)19-27-20-34-23-37-27;1-26-20-22-27(23-21-26)24-25-28(30)18-16-14-12-10-8-6-4-2-3-5-7-9-11-13-15-17-19-29(31)32;/h20,23,25-26H,2-19,21-22H2,1H3,(H,34,37)(H,35,41)(H,36,42)(H,43,44)(H,45,46);26-27H,2-25H2,1H3,(H,31,32);1H/t25-,26-;;/m1../s1. The van der Waals surface area contributed by atoms with Gasteiger partial charge in [0.1, 0.15) is 30.6 Å². The summed E-state index contributed by atoms with van der Waals surface area (Å²) in [4.78, 5) is 111. The Morgan fingerprint density at radius 2 is 1.01 bits per heavy atom. The van der Waals surface area contributed by atoms with Gasteiger partial charge < -0.3 is 54.7 Å². The van der Waals surface area contributed by atoms with Crippen LogP contribution in [0.1, 0.15) is 233 Å². The number of carbonyl (C=O) groups is 9. The number of aromatic amines is 1. The number of nitrogens with zero attached hydrogens (tertiary/aromatic N) is 1. The van der Waals surface area contributed by atoms with E-state index >= 15 is 0 Å². The normalized spacial score (nSPS) is 14.7. The van der Waals surface area contributed by atoms with Gasteiger partial charge in [-0.15, -0.1) is 0 Å². The minimum Gasteiger partial charge on any atom is -0.481 e. The molecule has 472 valence electrons. The van der Waals surface area contributed by atoms with Gasteiger partial charge in [0, 0.05) is 77.8 Å². The van der Waals surface area contributed by atoms with Gasteiger partial charge in [-0.3, -0.25) is 38.4 Å². The molecular weight excluding hydrogens is 1060 g/mol. The van der Waals surface area contributed by atoms with Crippen molar-refractivity contribution >= 4 is 52.9 Å². The molecule has 2 rings (SSSR count). The van der Waals surface area contributed by atoms with Crippen LogP contribution in [0, 0.1) is 23.7 Å². The summed E-state index contributed by atoms with van der Waals surface area (Å²) in [7, 11) is 0. The molecule has 1 aliphatic carbocycles. The van der Waals surface area contributed by atoms with Crippen molar-refractivity contribution < 1.29 is 78.8 Å². The molecule has 1 heterocycles. The molecule has 2 amide bonds. The number of hydrogen-bond donors (Lipinski definition) is 6. The van der Waals surface area contributed by atoms with Crippen molar-refractivity contribution in [1.82, 2.24) is 20.6 Å². The average Bonchev–Trinajstić information content (AvgIpc) is 3.96. The number of ketones is 4. The van der Waals surface area contributed by atoms with Gasteiger partial charge in [-0.1, -0.05) is 135 Å². The minimum atomic E-state index is -1.10. The Morgan fingerprint density at radius 3 is 1.52 bits per heavy atom. The maximum absolute atomic E-state index is 12.1. The van der Waals surface area contributed by atoms with Crippen molar-refractivity contribution in [3.8, 4) is 0 Å². The number of carboxylic acid groups (broad SMARTS) is 3. The number of aromatic nitrogens is 2. The molecule has 20 nitrogen and oxygen atoms in total. The Bertz CT molecular complexity index is 1880. The molecule has 1 aromatic heterocycles. The van der Waals surface area contributed by atoms with Crippen molar-refractivity contribution in [3.05, 3.63) is 18.2 Å². The molecule has 0 unspecified atom stereocenters. The second kappa shape index (κ2) is 51.7. The van der Waals surface area contributed by atoms with E-state index in [0.29, 0.717) is 50.0 Å². The summed E-state index contributed by atoms with van der Waals surface area (Å²) in [5.74, 6) is -3.27. The van der Waals surface area contributed by atoms with E-state index in [1.807, 2.05) is 0 Å². The Labute approximate surface area is 490 Å². The SMILES string of the molecule is CC(=O)C[C@@H](CCC(=O)NCCOCCOCC(=O)NCCOCCOCC(=O)CCCCC[C@H](CC(=O)Cc1cnc[nH]1)C(=O)O)C(=O)O.CC1CCC(CCC(=O)CCCCCCCCCCCCCCCCCCC(=O)O)CC1.[HH]. The van der Waals surface area contributed by atoms with E-state index in [0.717, 1.165) is 50.4 Å². The van der Waals surface area contributed by atoms with E-state index in [4.69, 9.17) is 29.2 Å². The van der Waals surface area contributed by atoms with Crippen LogP contribution in [0.4, 0.5) is 0 Å². The molecule has 82 heavy (non-hydrogen) atoms. The summed E-state index contributed by atoms with van der Waals surface area (Å²) >= 11 is 0. The van der Waals surface area contributed by atoms with Crippen LogP contribution in [0.25, 0.3) is 0 Å². The third-order valence-corrected chi connectivity index (χ3v) is 14.8.